The predicted octanol–water partition coefficient (Wildman–Crippen LogP) is 2.63. The van der Waals surface area contributed by atoms with Crippen molar-refractivity contribution in [2.45, 2.75) is 31.3 Å². The van der Waals surface area contributed by atoms with Gasteiger partial charge in [-0.2, -0.15) is 0 Å². The van der Waals surface area contributed by atoms with Crippen LogP contribution in [0.15, 0.2) is 17.0 Å². The van der Waals surface area contributed by atoms with E-state index in [0.717, 1.165) is 6.07 Å². The Kier molecular flexibility index (Phi) is 5.94. The van der Waals surface area contributed by atoms with Crippen LogP contribution < -0.4 is 4.74 Å². The summed E-state index contributed by atoms with van der Waals surface area (Å²) in [5, 5.41) is 11.1. The molecular weight excluding hydrogens is 322 g/mol. The lowest BCUT2D eigenvalue weighted by molar-refractivity contribution is -0.386. The molecule has 0 aliphatic heterocycles. The highest BCUT2D eigenvalue weighted by Crippen LogP contribution is 2.34. The van der Waals surface area contributed by atoms with Crippen molar-refractivity contribution in [1.29, 1.82) is 0 Å². The van der Waals surface area contributed by atoms with Crippen LogP contribution in [0.25, 0.3) is 0 Å². The van der Waals surface area contributed by atoms with E-state index in [0.29, 0.717) is 13.0 Å². The molecule has 0 aliphatic carbocycles. The third-order valence-corrected chi connectivity index (χ3v) is 4.24. The van der Waals surface area contributed by atoms with Crippen molar-refractivity contribution < 1.29 is 22.8 Å². The molecule has 0 heterocycles. The number of ether oxygens (including phenoxy) is 2. The van der Waals surface area contributed by atoms with Crippen LogP contribution in [-0.2, 0) is 13.8 Å². The van der Waals surface area contributed by atoms with Crippen LogP contribution in [0.4, 0.5) is 5.69 Å². The van der Waals surface area contributed by atoms with Crippen LogP contribution in [0, 0.1) is 17.0 Å². The van der Waals surface area contributed by atoms with Crippen LogP contribution in [0.3, 0.4) is 0 Å². The van der Waals surface area contributed by atoms with Gasteiger partial charge < -0.3 is 9.47 Å². The second-order valence-corrected chi connectivity index (χ2v) is 7.02. The molecule has 1 aromatic rings. The average Bonchev–Trinajstić information content (AvgIpc) is 2.34. The van der Waals surface area contributed by atoms with Gasteiger partial charge in [-0.05, 0) is 25.5 Å². The zero-order valence-corrected chi connectivity index (χ0v) is 13.4. The second kappa shape index (κ2) is 7.06. The Balaban J connectivity index is 3.21. The Morgan fingerprint density at radius 1 is 1.43 bits per heavy atom. The molecule has 0 bridgehead atoms. The minimum Gasteiger partial charge on any atom is -0.484 e. The van der Waals surface area contributed by atoms with Gasteiger partial charge in [-0.1, -0.05) is 0 Å². The lowest BCUT2D eigenvalue weighted by Crippen LogP contribution is -2.15. The smallest absolute Gasteiger partial charge is 0.312 e. The molecule has 0 aliphatic rings. The number of nitrogens with zero attached hydrogens (tertiary/aromatic N) is 1. The number of benzene rings is 1. The molecule has 0 N–H and O–H groups in total. The lowest BCUT2D eigenvalue weighted by atomic mass is 10.2. The number of hydrogen-bond acceptors (Lipinski definition) is 6. The molecule has 0 saturated carbocycles. The topological polar surface area (TPSA) is 95.7 Å². The number of aryl methyl sites for hydroxylation is 1. The zero-order chi connectivity index (χ0) is 16.2. The summed E-state index contributed by atoms with van der Waals surface area (Å²) in [6.45, 7) is 3.68. The summed E-state index contributed by atoms with van der Waals surface area (Å²) in [6, 6.07) is 2.22. The monoisotopic (exact) mass is 337 g/mol. The highest BCUT2D eigenvalue weighted by molar-refractivity contribution is 8.13. The summed E-state index contributed by atoms with van der Waals surface area (Å²) in [7, 11) is 2.74. The highest BCUT2D eigenvalue weighted by atomic mass is 35.7. The van der Waals surface area contributed by atoms with Crippen molar-refractivity contribution in [3.8, 4) is 5.75 Å². The van der Waals surface area contributed by atoms with Crippen molar-refractivity contribution in [3.05, 3.63) is 27.8 Å². The number of nitro groups is 1. The fourth-order valence-corrected chi connectivity index (χ4v) is 2.90. The van der Waals surface area contributed by atoms with Crippen LogP contribution >= 0.6 is 10.7 Å². The van der Waals surface area contributed by atoms with Crippen LogP contribution in [0.2, 0.25) is 0 Å². The first-order valence-corrected chi connectivity index (χ1v) is 8.37. The number of hydrogen-bond donors (Lipinski definition) is 0. The summed E-state index contributed by atoms with van der Waals surface area (Å²) in [6.07, 6.45) is 0.226. The van der Waals surface area contributed by atoms with E-state index in [4.69, 9.17) is 20.2 Å². The van der Waals surface area contributed by atoms with Gasteiger partial charge in [0.25, 0.3) is 9.05 Å². The van der Waals surface area contributed by atoms with E-state index in [1.165, 1.54) is 13.0 Å². The first-order chi connectivity index (χ1) is 9.66. The Labute approximate surface area is 127 Å². The molecule has 1 aromatic carbocycles. The molecule has 0 saturated heterocycles. The average molecular weight is 338 g/mol. The van der Waals surface area contributed by atoms with Gasteiger partial charge in [0.05, 0.1) is 15.9 Å². The molecular formula is C12H16ClNO6S. The predicted molar refractivity (Wildman–Crippen MR) is 77.5 cm³/mol. The molecule has 1 atom stereocenters. The fourth-order valence-electron chi connectivity index (χ4n) is 1.71. The molecule has 21 heavy (non-hydrogen) atoms. The third-order valence-electron chi connectivity index (χ3n) is 2.77. The van der Waals surface area contributed by atoms with E-state index < -0.39 is 19.7 Å². The van der Waals surface area contributed by atoms with E-state index in [1.54, 1.807) is 14.0 Å². The zero-order valence-electron chi connectivity index (χ0n) is 11.8. The molecule has 0 spiro atoms. The van der Waals surface area contributed by atoms with Crippen molar-refractivity contribution >= 4 is 25.4 Å². The molecule has 0 fully saturated rings. The SMILES string of the molecule is COCCC(C)Oc1cc(C)c(S(=O)(=O)Cl)cc1[N+](=O)[O-]. The summed E-state index contributed by atoms with van der Waals surface area (Å²) < 4.78 is 33.2. The van der Waals surface area contributed by atoms with Crippen molar-refractivity contribution in [3.63, 3.8) is 0 Å². The van der Waals surface area contributed by atoms with Gasteiger partial charge in [-0.3, -0.25) is 10.1 Å². The number of halogens is 1. The summed E-state index contributed by atoms with van der Waals surface area (Å²) in [5.74, 6) is 0.00479. The van der Waals surface area contributed by atoms with Gasteiger partial charge in [0.2, 0.25) is 0 Å². The van der Waals surface area contributed by atoms with Crippen LogP contribution in [0.5, 0.6) is 5.75 Å². The molecule has 9 heteroatoms. The number of methoxy groups -OCH3 is 1. The van der Waals surface area contributed by atoms with E-state index in [1.807, 2.05) is 0 Å². The van der Waals surface area contributed by atoms with Gasteiger partial charge in [0.15, 0.2) is 5.75 Å². The third kappa shape index (κ3) is 4.83. The van der Waals surface area contributed by atoms with E-state index in [-0.39, 0.29) is 22.3 Å². The van der Waals surface area contributed by atoms with Gasteiger partial charge in [-0.25, -0.2) is 8.42 Å². The fraction of sp³-hybridized carbons (Fsp3) is 0.500. The van der Waals surface area contributed by atoms with E-state index >= 15 is 0 Å². The Hall–Kier alpha value is -1.38. The van der Waals surface area contributed by atoms with E-state index in [2.05, 4.69) is 0 Å². The Morgan fingerprint density at radius 3 is 2.52 bits per heavy atom. The maximum Gasteiger partial charge on any atom is 0.312 e. The summed E-state index contributed by atoms with van der Waals surface area (Å²) in [5.41, 5.74) is -0.159. The molecule has 7 nitrogen and oxygen atoms in total. The molecule has 0 aromatic heterocycles. The number of nitro benzene ring substituents is 1. The first-order valence-electron chi connectivity index (χ1n) is 6.06. The largest absolute Gasteiger partial charge is 0.484 e. The van der Waals surface area contributed by atoms with Crippen LogP contribution in [-0.4, -0.2) is 33.2 Å². The van der Waals surface area contributed by atoms with Crippen molar-refractivity contribution in [1.82, 2.24) is 0 Å². The molecule has 1 unspecified atom stereocenters. The quantitative estimate of drug-likeness (QED) is 0.431. The van der Waals surface area contributed by atoms with Gasteiger partial charge >= 0.3 is 5.69 Å². The number of rotatable bonds is 7. The van der Waals surface area contributed by atoms with Gasteiger partial charge in [0.1, 0.15) is 0 Å². The van der Waals surface area contributed by atoms with Crippen molar-refractivity contribution in [2.75, 3.05) is 13.7 Å². The van der Waals surface area contributed by atoms with Gasteiger partial charge in [0, 0.05) is 36.9 Å². The summed E-state index contributed by atoms with van der Waals surface area (Å²) >= 11 is 0. The second-order valence-electron chi connectivity index (χ2n) is 4.49. The Bertz CT molecular complexity index is 631. The Morgan fingerprint density at radius 2 is 2.05 bits per heavy atom. The first kappa shape index (κ1) is 17.7. The van der Waals surface area contributed by atoms with Gasteiger partial charge in [-0.15, -0.1) is 0 Å². The van der Waals surface area contributed by atoms with E-state index in [9.17, 15) is 18.5 Å². The molecule has 0 amide bonds. The molecule has 118 valence electrons. The summed E-state index contributed by atoms with van der Waals surface area (Å²) in [4.78, 5) is 10.1. The normalized spacial score (nSPS) is 13.0. The lowest BCUT2D eigenvalue weighted by Gasteiger charge is -2.15. The maximum absolute atomic E-state index is 11.4. The highest BCUT2D eigenvalue weighted by Gasteiger charge is 2.24. The standard InChI is InChI=1S/C12H16ClNO6S/c1-8-6-11(20-9(2)4-5-19-3)10(14(15)16)7-12(8)21(13,17)18/h6-7,9H,4-5H2,1-3H3. The minimum atomic E-state index is -4.06. The molecule has 0 radical (unpaired) electrons. The van der Waals surface area contributed by atoms with Crippen LogP contribution in [0.1, 0.15) is 18.9 Å². The maximum atomic E-state index is 11.4. The minimum absolute atomic E-state index is 0.00479. The molecule has 1 rings (SSSR count). The van der Waals surface area contributed by atoms with Crippen molar-refractivity contribution in [2.24, 2.45) is 0 Å².